The van der Waals surface area contributed by atoms with Crippen LogP contribution in [0.25, 0.3) is 10.9 Å². The maximum atomic E-state index is 4.31. The summed E-state index contributed by atoms with van der Waals surface area (Å²) in [5.74, 6) is 0. The van der Waals surface area contributed by atoms with Crippen molar-refractivity contribution < 1.29 is 0 Å². The summed E-state index contributed by atoms with van der Waals surface area (Å²) in [6.07, 6.45) is 1.66. The van der Waals surface area contributed by atoms with E-state index in [-0.39, 0.29) is 0 Å². The average Bonchev–Trinajstić information content (AvgIpc) is 2.19. The molecule has 0 N–H and O–H groups in total. The van der Waals surface area contributed by atoms with Gasteiger partial charge in [0.25, 0.3) is 0 Å². The second-order valence-corrected chi connectivity index (χ2v) is 5.26. The van der Waals surface area contributed by atoms with Gasteiger partial charge in [0.15, 0.2) is 0 Å². The third-order valence-electron chi connectivity index (χ3n) is 1.79. The molecule has 2 rings (SSSR count). The molecule has 0 saturated heterocycles. The summed E-state index contributed by atoms with van der Waals surface area (Å²) in [4.78, 5) is 8.54. The van der Waals surface area contributed by atoms with Gasteiger partial charge in [-0.2, -0.15) is 0 Å². The van der Waals surface area contributed by atoms with Crippen molar-refractivity contribution in [2.24, 2.45) is 0 Å². The fourth-order valence-corrected chi connectivity index (χ4v) is 2.75. The van der Waals surface area contributed by atoms with Crippen molar-refractivity contribution >= 4 is 30.5 Å². The summed E-state index contributed by atoms with van der Waals surface area (Å²) < 4.78 is 1.22. The summed E-state index contributed by atoms with van der Waals surface area (Å²) in [6.45, 7) is 2.19. The van der Waals surface area contributed by atoms with Crippen molar-refractivity contribution in [3.63, 3.8) is 0 Å². The molecule has 0 aliphatic carbocycles. The first kappa shape index (κ1) is 8.67. The molecule has 0 atom stereocenters. The SMILES string of the molecule is CC[Se]c1ncnc2ccccc12. The van der Waals surface area contributed by atoms with E-state index in [4.69, 9.17) is 0 Å². The summed E-state index contributed by atoms with van der Waals surface area (Å²) >= 11 is 0.489. The van der Waals surface area contributed by atoms with E-state index in [2.05, 4.69) is 23.0 Å². The van der Waals surface area contributed by atoms with Gasteiger partial charge in [0.1, 0.15) is 0 Å². The Morgan fingerprint density at radius 2 is 2.08 bits per heavy atom. The van der Waals surface area contributed by atoms with E-state index in [1.54, 1.807) is 6.33 Å². The van der Waals surface area contributed by atoms with Gasteiger partial charge in [-0.1, -0.05) is 0 Å². The van der Waals surface area contributed by atoms with Crippen LogP contribution in [0, 0.1) is 0 Å². The first-order valence-electron chi connectivity index (χ1n) is 4.24. The molecule has 3 heteroatoms. The molecule has 1 aromatic heterocycles. The van der Waals surface area contributed by atoms with Crippen LogP contribution in [0.2, 0.25) is 5.32 Å². The Labute approximate surface area is 83.6 Å². The van der Waals surface area contributed by atoms with Crippen LogP contribution in [0.4, 0.5) is 0 Å². The number of rotatable bonds is 2. The van der Waals surface area contributed by atoms with Gasteiger partial charge < -0.3 is 0 Å². The van der Waals surface area contributed by atoms with Crippen LogP contribution in [-0.4, -0.2) is 24.9 Å². The van der Waals surface area contributed by atoms with Crippen molar-refractivity contribution in [2.45, 2.75) is 12.2 Å². The molecule has 1 heterocycles. The summed E-state index contributed by atoms with van der Waals surface area (Å²) in [5.41, 5.74) is 1.06. The third kappa shape index (κ3) is 1.71. The van der Waals surface area contributed by atoms with Crippen LogP contribution in [0.15, 0.2) is 30.6 Å². The monoisotopic (exact) mass is 238 g/mol. The van der Waals surface area contributed by atoms with Gasteiger partial charge in [-0.15, -0.1) is 0 Å². The van der Waals surface area contributed by atoms with Crippen LogP contribution >= 0.6 is 0 Å². The fraction of sp³-hybridized carbons (Fsp3) is 0.200. The van der Waals surface area contributed by atoms with Crippen LogP contribution in [-0.2, 0) is 0 Å². The number of aromatic nitrogens is 2. The maximum absolute atomic E-state index is 4.31. The Kier molecular flexibility index (Phi) is 2.57. The van der Waals surface area contributed by atoms with Gasteiger partial charge in [-0.25, -0.2) is 0 Å². The molecule has 0 aliphatic rings. The van der Waals surface area contributed by atoms with E-state index < -0.39 is 0 Å². The normalized spacial score (nSPS) is 10.5. The predicted molar refractivity (Wildman–Crippen MR) is 55.4 cm³/mol. The molecule has 0 saturated carbocycles. The number of hydrogen-bond donors (Lipinski definition) is 0. The molecule has 0 amide bonds. The fourth-order valence-electron chi connectivity index (χ4n) is 1.23. The van der Waals surface area contributed by atoms with Gasteiger partial charge in [-0.3, -0.25) is 0 Å². The second kappa shape index (κ2) is 3.86. The topological polar surface area (TPSA) is 25.8 Å². The first-order chi connectivity index (χ1) is 6.42. The van der Waals surface area contributed by atoms with E-state index in [0.717, 1.165) is 5.52 Å². The number of benzene rings is 1. The minimum atomic E-state index is 0.489. The molecular weight excluding hydrogens is 227 g/mol. The zero-order chi connectivity index (χ0) is 9.10. The van der Waals surface area contributed by atoms with E-state index in [0.29, 0.717) is 15.0 Å². The van der Waals surface area contributed by atoms with Crippen molar-refractivity contribution in [2.75, 3.05) is 0 Å². The van der Waals surface area contributed by atoms with Crippen molar-refractivity contribution in [1.82, 2.24) is 9.97 Å². The Hall–Kier alpha value is -0.921. The van der Waals surface area contributed by atoms with Gasteiger partial charge in [-0.05, 0) is 0 Å². The van der Waals surface area contributed by atoms with Crippen LogP contribution in [0.5, 0.6) is 0 Å². The van der Waals surface area contributed by atoms with Crippen LogP contribution < -0.4 is 4.59 Å². The molecule has 13 heavy (non-hydrogen) atoms. The van der Waals surface area contributed by atoms with Crippen molar-refractivity contribution in [3.8, 4) is 0 Å². The first-order valence-corrected chi connectivity index (χ1v) is 6.31. The molecule has 0 spiro atoms. The molecule has 2 nitrogen and oxygen atoms in total. The summed E-state index contributed by atoms with van der Waals surface area (Å²) in [5, 5.41) is 2.40. The van der Waals surface area contributed by atoms with Gasteiger partial charge in [0, 0.05) is 0 Å². The molecule has 0 fully saturated rings. The van der Waals surface area contributed by atoms with Gasteiger partial charge in [0.05, 0.1) is 0 Å². The Balaban J connectivity index is 2.61. The average molecular weight is 237 g/mol. The van der Waals surface area contributed by atoms with E-state index in [9.17, 15) is 0 Å². The molecular formula is C10H10N2Se. The third-order valence-corrected chi connectivity index (χ3v) is 3.65. The standard InChI is InChI=1S/C10H10N2Se/c1-2-13-10-8-5-3-4-6-9(8)11-7-12-10/h3-7H,2H2,1H3. The molecule has 0 unspecified atom stereocenters. The van der Waals surface area contributed by atoms with E-state index in [1.165, 1.54) is 15.3 Å². The molecule has 0 bridgehead atoms. The molecule has 66 valence electrons. The van der Waals surface area contributed by atoms with Crippen LogP contribution in [0.3, 0.4) is 0 Å². The number of hydrogen-bond acceptors (Lipinski definition) is 2. The van der Waals surface area contributed by atoms with Gasteiger partial charge in [0.2, 0.25) is 0 Å². The zero-order valence-electron chi connectivity index (χ0n) is 7.40. The number of fused-ring (bicyclic) bond motifs is 1. The molecule has 1 aromatic carbocycles. The number of para-hydroxylation sites is 1. The predicted octanol–water partition coefficient (Wildman–Crippen LogP) is 1.40. The van der Waals surface area contributed by atoms with E-state index in [1.807, 2.05) is 18.2 Å². The molecule has 2 aromatic rings. The van der Waals surface area contributed by atoms with E-state index >= 15 is 0 Å². The summed E-state index contributed by atoms with van der Waals surface area (Å²) in [6, 6.07) is 8.19. The Morgan fingerprint density at radius 3 is 2.92 bits per heavy atom. The van der Waals surface area contributed by atoms with Crippen LogP contribution in [0.1, 0.15) is 6.92 Å². The van der Waals surface area contributed by atoms with Crippen molar-refractivity contribution in [1.29, 1.82) is 0 Å². The summed E-state index contributed by atoms with van der Waals surface area (Å²) in [7, 11) is 0. The Morgan fingerprint density at radius 1 is 1.23 bits per heavy atom. The molecule has 0 radical (unpaired) electrons. The van der Waals surface area contributed by atoms with Gasteiger partial charge >= 0.3 is 83.3 Å². The zero-order valence-corrected chi connectivity index (χ0v) is 9.11. The minimum absolute atomic E-state index is 0.489. The van der Waals surface area contributed by atoms with Crippen molar-refractivity contribution in [3.05, 3.63) is 30.6 Å². The number of nitrogens with zero attached hydrogens (tertiary/aromatic N) is 2. The second-order valence-electron chi connectivity index (χ2n) is 2.63. The Bertz CT molecular complexity index is 409. The molecule has 0 aliphatic heterocycles. The quantitative estimate of drug-likeness (QED) is 0.738.